The molecule has 1 heterocycles. The lowest BCUT2D eigenvalue weighted by Gasteiger charge is -2.14. The topological polar surface area (TPSA) is 84.3 Å². The first kappa shape index (κ1) is 18.1. The zero-order valence-corrected chi connectivity index (χ0v) is 12.8. The summed E-state index contributed by atoms with van der Waals surface area (Å²) < 4.78 is 13.4. The van der Waals surface area contributed by atoms with Crippen LogP contribution in [0.1, 0.15) is 22.3 Å². The molecular formula is C14H17ClFN3O3. The molecule has 1 aromatic rings. The summed E-state index contributed by atoms with van der Waals surface area (Å²) in [6.07, 6.45) is 2.78. The van der Waals surface area contributed by atoms with Gasteiger partial charge in [-0.1, -0.05) is 11.6 Å². The predicted molar refractivity (Wildman–Crippen MR) is 82.9 cm³/mol. The highest BCUT2D eigenvalue weighted by Crippen LogP contribution is 2.24. The maximum Gasteiger partial charge on any atom is 0.285 e. The van der Waals surface area contributed by atoms with Gasteiger partial charge in [-0.25, -0.2) is 4.39 Å². The van der Waals surface area contributed by atoms with Crippen molar-refractivity contribution in [2.24, 2.45) is 0 Å². The summed E-state index contributed by atoms with van der Waals surface area (Å²) in [5.74, 6) is -1.30. The van der Waals surface area contributed by atoms with E-state index in [1.807, 2.05) is 6.08 Å². The van der Waals surface area contributed by atoms with Gasteiger partial charge < -0.3 is 10.6 Å². The Kier molecular flexibility index (Phi) is 6.45. The molecular weight excluding hydrogens is 313 g/mol. The van der Waals surface area contributed by atoms with Crippen molar-refractivity contribution in [3.63, 3.8) is 0 Å². The van der Waals surface area contributed by atoms with Crippen LogP contribution in [0.25, 0.3) is 0 Å². The Hall–Kier alpha value is -1.99. The van der Waals surface area contributed by atoms with E-state index in [-0.39, 0.29) is 29.2 Å². The molecule has 1 aromatic carbocycles. The zero-order chi connectivity index (χ0) is 15.4. The third-order valence-corrected chi connectivity index (χ3v) is 3.33. The summed E-state index contributed by atoms with van der Waals surface area (Å²) in [4.78, 5) is 22.5. The zero-order valence-electron chi connectivity index (χ0n) is 12.0. The van der Waals surface area contributed by atoms with E-state index < -0.39 is 16.6 Å². The molecule has 120 valence electrons. The predicted octanol–water partition coefficient (Wildman–Crippen LogP) is 2.11. The molecule has 6 nitrogen and oxygen atoms in total. The number of nitro groups is 1. The van der Waals surface area contributed by atoms with E-state index in [0.717, 1.165) is 37.2 Å². The van der Waals surface area contributed by atoms with E-state index in [1.54, 1.807) is 0 Å². The summed E-state index contributed by atoms with van der Waals surface area (Å²) >= 11 is 0. The first-order chi connectivity index (χ1) is 9.99. The number of amides is 1. The van der Waals surface area contributed by atoms with Crippen molar-refractivity contribution in [3.05, 3.63) is 50.8 Å². The van der Waals surface area contributed by atoms with Gasteiger partial charge in [-0.3, -0.25) is 14.9 Å². The van der Waals surface area contributed by atoms with Gasteiger partial charge in [0.1, 0.15) is 11.4 Å². The first-order valence-electron chi connectivity index (χ1n) is 6.60. The van der Waals surface area contributed by atoms with Crippen LogP contribution in [0, 0.1) is 22.9 Å². The molecule has 2 N–H and O–H groups in total. The monoisotopic (exact) mass is 329 g/mol. The number of halogens is 2. The first-order valence-corrected chi connectivity index (χ1v) is 6.60. The maximum absolute atomic E-state index is 13.4. The molecule has 1 aliphatic rings. The molecule has 0 saturated heterocycles. The minimum absolute atomic E-state index is 0. The van der Waals surface area contributed by atoms with Crippen molar-refractivity contribution in [1.29, 1.82) is 0 Å². The van der Waals surface area contributed by atoms with Gasteiger partial charge >= 0.3 is 0 Å². The highest BCUT2D eigenvalue weighted by molar-refractivity contribution is 5.98. The van der Waals surface area contributed by atoms with Crippen LogP contribution in [0.15, 0.2) is 23.8 Å². The molecule has 0 aromatic heterocycles. The van der Waals surface area contributed by atoms with Crippen LogP contribution in [-0.4, -0.2) is 30.5 Å². The van der Waals surface area contributed by atoms with Crippen LogP contribution >= 0.6 is 12.4 Å². The second-order valence-corrected chi connectivity index (χ2v) is 4.88. The van der Waals surface area contributed by atoms with E-state index in [2.05, 4.69) is 10.6 Å². The number of benzene rings is 1. The lowest BCUT2D eigenvalue weighted by atomic mass is 10.1. The summed E-state index contributed by atoms with van der Waals surface area (Å²) in [5.41, 5.74) is 0.587. The van der Waals surface area contributed by atoms with E-state index in [9.17, 15) is 19.3 Å². The van der Waals surface area contributed by atoms with Crippen molar-refractivity contribution in [1.82, 2.24) is 10.6 Å². The quantitative estimate of drug-likeness (QED) is 0.503. The number of hydrogen-bond donors (Lipinski definition) is 2. The van der Waals surface area contributed by atoms with Crippen molar-refractivity contribution in [2.75, 3.05) is 19.6 Å². The molecule has 0 spiro atoms. The smallest absolute Gasteiger partial charge is 0.285 e. The van der Waals surface area contributed by atoms with Gasteiger partial charge in [0.25, 0.3) is 11.6 Å². The molecule has 0 aliphatic carbocycles. The van der Waals surface area contributed by atoms with Crippen LogP contribution in [0.5, 0.6) is 0 Å². The van der Waals surface area contributed by atoms with E-state index in [4.69, 9.17) is 0 Å². The van der Waals surface area contributed by atoms with Gasteiger partial charge in [0.05, 0.1) is 4.92 Å². The average molecular weight is 330 g/mol. The van der Waals surface area contributed by atoms with Crippen molar-refractivity contribution < 1.29 is 14.1 Å². The fraction of sp³-hybridized carbons (Fsp3) is 0.357. The molecule has 0 bridgehead atoms. The molecule has 2 rings (SSSR count). The Labute approximate surface area is 133 Å². The summed E-state index contributed by atoms with van der Waals surface area (Å²) in [5, 5.41) is 16.8. The minimum atomic E-state index is -0.663. The summed E-state index contributed by atoms with van der Waals surface area (Å²) in [6.45, 7) is 3.30. The number of hydrogen-bond acceptors (Lipinski definition) is 4. The standard InChI is InChI=1S/C14H16FN3O3.ClH/c1-9-6-11(15)7-12(13(9)18(20)21)14(19)17-8-10-2-4-16-5-3-10;/h2,6-7,16H,3-5,8H2,1H3,(H,17,19);1H. The minimum Gasteiger partial charge on any atom is -0.348 e. The van der Waals surface area contributed by atoms with Crippen LogP contribution in [-0.2, 0) is 0 Å². The largest absolute Gasteiger partial charge is 0.348 e. The van der Waals surface area contributed by atoms with E-state index >= 15 is 0 Å². The molecule has 0 atom stereocenters. The van der Waals surface area contributed by atoms with Gasteiger partial charge in [-0.05, 0) is 32.0 Å². The molecule has 0 saturated carbocycles. The summed E-state index contributed by atoms with van der Waals surface area (Å²) in [6, 6.07) is 1.95. The Balaban J connectivity index is 0.00000242. The van der Waals surface area contributed by atoms with Crippen LogP contribution in [0.2, 0.25) is 0 Å². The number of carbonyl (C=O) groups is 1. The van der Waals surface area contributed by atoms with E-state index in [1.165, 1.54) is 6.92 Å². The number of nitrogens with one attached hydrogen (secondary N) is 2. The molecule has 0 unspecified atom stereocenters. The highest BCUT2D eigenvalue weighted by Gasteiger charge is 2.24. The number of nitrogens with zero attached hydrogens (tertiary/aromatic N) is 1. The fourth-order valence-electron chi connectivity index (χ4n) is 2.27. The van der Waals surface area contributed by atoms with Crippen LogP contribution in [0.4, 0.5) is 10.1 Å². The second-order valence-electron chi connectivity index (χ2n) is 4.88. The maximum atomic E-state index is 13.4. The number of rotatable bonds is 4. The number of aryl methyl sites for hydroxylation is 1. The molecule has 0 radical (unpaired) electrons. The Morgan fingerprint density at radius 1 is 1.50 bits per heavy atom. The van der Waals surface area contributed by atoms with Crippen LogP contribution in [0.3, 0.4) is 0 Å². The lowest BCUT2D eigenvalue weighted by molar-refractivity contribution is -0.385. The molecule has 0 fully saturated rings. The third-order valence-electron chi connectivity index (χ3n) is 3.33. The molecule has 8 heteroatoms. The van der Waals surface area contributed by atoms with Crippen molar-refractivity contribution >= 4 is 24.0 Å². The second kappa shape index (κ2) is 7.86. The number of carbonyl (C=O) groups excluding carboxylic acids is 1. The third kappa shape index (κ3) is 4.25. The number of nitro benzene ring substituents is 1. The van der Waals surface area contributed by atoms with Crippen molar-refractivity contribution in [3.8, 4) is 0 Å². The normalized spacial score (nSPS) is 13.8. The summed E-state index contributed by atoms with van der Waals surface area (Å²) in [7, 11) is 0. The van der Waals surface area contributed by atoms with Crippen LogP contribution < -0.4 is 10.6 Å². The van der Waals surface area contributed by atoms with Gasteiger partial charge in [-0.2, -0.15) is 0 Å². The van der Waals surface area contributed by atoms with Gasteiger partial charge in [0.2, 0.25) is 0 Å². The van der Waals surface area contributed by atoms with Gasteiger partial charge in [-0.15, -0.1) is 12.4 Å². The fourth-order valence-corrected chi connectivity index (χ4v) is 2.27. The molecule has 22 heavy (non-hydrogen) atoms. The Bertz CT molecular complexity index is 620. The Morgan fingerprint density at radius 3 is 2.82 bits per heavy atom. The SMILES string of the molecule is Cc1cc(F)cc(C(=O)NCC2=CCNCC2)c1[N+](=O)[O-].Cl. The van der Waals surface area contributed by atoms with Gasteiger partial charge in [0.15, 0.2) is 0 Å². The van der Waals surface area contributed by atoms with Crippen molar-refractivity contribution in [2.45, 2.75) is 13.3 Å². The van der Waals surface area contributed by atoms with Gasteiger partial charge in [0, 0.05) is 18.7 Å². The molecule has 1 amide bonds. The highest BCUT2D eigenvalue weighted by atomic mass is 35.5. The Morgan fingerprint density at radius 2 is 2.23 bits per heavy atom. The lowest BCUT2D eigenvalue weighted by Crippen LogP contribution is -2.30. The molecule has 1 aliphatic heterocycles. The average Bonchev–Trinajstić information content (AvgIpc) is 2.44. The van der Waals surface area contributed by atoms with E-state index in [0.29, 0.717) is 6.54 Å².